The molecule has 0 radical (unpaired) electrons. The maximum absolute atomic E-state index is 12.7. The van der Waals surface area contributed by atoms with Crippen LogP contribution in [0.2, 0.25) is 5.02 Å². The first kappa shape index (κ1) is 18.5. The van der Waals surface area contributed by atoms with Gasteiger partial charge in [-0.15, -0.1) is 0 Å². The molecule has 3 heterocycles. The highest BCUT2D eigenvalue weighted by Gasteiger charge is 2.32. The SMILES string of the molecule is CCn1ccnc(N2CCN(c3ncc(C(F)(F)F)cc3Cl)CC2)c1=O. The Labute approximate surface area is 152 Å². The predicted molar refractivity (Wildman–Crippen MR) is 92.8 cm³/mol. The molecule has 0 amide bonds. The number of alkyl halides is 3. The second-order valence-electron chi connectivity index (χ2n) is 5.84. The molecule has 0 aromatic carbocycles. The largest absolute Gasteiger partial charge is 0.417 e. The van der Waals surface area contributed by atoms with Crippen LogP contribution < -0.4 is 15.4 Å². The van der Waals surface area contributed by atoms with Crippen molar-refractivity contribution in [1.29, 1.82) is 0 Å². The third kappa shape index (κ3) is 3.62. The van der Waals surface area contributed by atoms with Crippen molar-refractivity contribution in [3.8, 4) is 0 Å². The Balaban J connectivity index is 1.74. The van der Waals surface area contributed by atoms with Gasteiger partial charge >= 0.3 is 6.18 Å². The molecule has 0 atom stereocenters. The lowest BCUT2D eigenvalue weighted by Gasteiger charge is -2.36. The molecule has 26 heavy (non-hydrogen) atoms. The van der Waals surface area contributed by atoms with Crippen LogP contribution in [0.1, 0.15) is 12.5 Å². The summed E-state index contributed by atoms with van der Waals surface area (Å²) in [5, 5.41) is -0.0422. The highest BCUT2D eigenvalue weighted by molar-refractivity contribution is 6.33. The van der Waals surface area contributed by atoms with Crippen LogP contribution in [-0.4, -0.2) is 40.7 Å². The smallest absolute Gasteiger partial charge is 0.352 e. The van der Waals surface area contributed by atoms with Crippen molar-refractivity contribution in [3.05, 3.63) is 45.6 Å². The van der Waals surface area contributed by atoms with E-state index in [1.807, 2.05) is 11.8 Å². The summed E-state index contributed by atoms with van der Waals surface area (Å²) in [5.74, 6) is 0.687. The fraction of sp³-hybridized carbons (Fsp3) is 0.438. The summed E-state index contributed by atoms with van der Waals surface area (Å²) in [5.41, 5.74) is -1.03. The van der Waals surface area contributed by atoms with Crippen molar-refractivity contribution < 1.29 is 13.2 Å². The summed E-state index contributed by atoms with van der Waals surface area (Å²) >= 11 is 6.00. The van der Waals surface area contributed by atoms with Gasteiger partial charge in [0.2, 0.25) is 0 Å². The number of aromatic nitrogens is 3. The summed E-state index contributed by atoms with van der Waals surface area (Å²) in [4.78, 5) is 24.1. The van der Waals surface area contributed by atoms with E-state index in [1.165, 1.54) is 0 Å². The lowest BCUT2D eigenvalue weighted by atomic mass is 10.2. The zero-order valence-corrected chi connectivity index (χ0v) is 14.8. The normalized spacial score (nSPS) is 15.4. The molecule has 2 aromatic rings. The Morgan fingerprint density at radius 1 is 1.12 bits per heavy atom. The first-order valence-electron chi connectivity index (χ1n) is 8.09. The molecular formula is C16H17ClF3N5O. The van der Waals surface area contributed by atoms with Crippen molar-refractivity contribution in [2.75, 3.05) is 36.0 Å². The number of hydrogen-bond acceptors (Lipinski definition) is 5. The van der Waals surface area contributed by atoms with E-state index in [2.05, 4.69) is 9.97 Å². The Morgan fingerprint density at radius 3 is 2.27 bits per heavy atom. The van der Waals surface area contributed by atoms with Crippen molar-refractivity contribution in [3.63, 3.8) is 0 Å². The van der Waals surface area contributed by atoms with Gasteiger partial charge in [-0.1, -0.05) is 11.6 Å². The summed E-state index contributed by atoms with van der Waals surface area (Å²) < 4.78 is 39.7. The highest BCUT2D eigenvalue weighted by atomic mass is 35.5. The van der Waals surface area contributed by atoms with Gasteiger partial charge in [0.05, 0.1) is 10.6 Å². The maximum Gasteiger partial charge on any atom is 0.417 e. The molecule has 0 bridgehead atoms. The van der Waals surface area contributed by atoms with E-state index in [4.69, 9.17) is 11.6 Å². The van der Waals surface area contributed by atoms with Crippen LogP contribution in [0, 0.1) is 0 Å². The molecular weight excluding hydrogens is 371 g/mol. The molecule has 0 unspecified atom stereocenters. The monoisotopic (exact) mass is 387 g/mol. The number of anilines is 2. The number of aryl methyl sites for hydroxylation is 1. The van der Waals surface area contributed by atoms with E-state index in [1.54, 1.807) is 21.9 Å². The fourth-order valence-corrected chi connectivity index (χ4v) is 3.14. The first-order chi connectivity index (χ1) is 12.3. The molecule has 0 spiro atoms. The van der Waals surface area contributed by atoms with Crippen LogP contribution in [0.4, 0.5) is 24.8 Å². The van der Waals surface area contributed by atoms with Crippen LogP contribution in [0.25, 0.3) is 0 Å². The molecule has 0 saturated carbocycles. The van der Waals surface area contributed by atoms with Crippen molar-refractivity contribution in [2.24, 2.45) is 0 Å². The first-order valence-corrected chi connectivity index (χ1v) is 8.47. The number of rotatable bonds is 3. The topological polar surface area (TPSA) is 54.3 Å². The number of nitrogens with zero attached hydrogens (tertiary/aromatic N) is 5. The third-order valence-electron chi connectivity index (χ3n) is 4.26. The average Bonchev–Trinajstić information content (AvgIpc) is 2.61. The Kier molecular flexibility index (Phi) is 5.08. The molecule has 3 rings (SSSR count). The molecule has 1 aliphatic heterocycles. The van der Waals surface area contributed by atoms with Crippen LogP contribution >= 0.6 is 11.6 Å². The van der Waals surface area contributed by atoms with Gasteiger partial charge in [0.15, 0.2) is 5.82 Å². The van der Waals surface area contributed by atoms with Crippen LogP contribution in [0.5, 0.6) is 0 Å². The predicted octanol–water partition coefficient (Wildman–Crippen LogP) is 2.66. The summed E-state index contributed by atoms with van der Waals surface area (Å²) in [6.07, 6.45) is -0.479. The quantitative estimate of drug-likeness (QED) is 0.810. The standard InChI is InChI=1S/C16H17ClF3N5O/c1-2-23-4-3-21-14(15(23)26)25-7-5-24(6-8-25)13-12(17)9-11(10-22-13)16(18,19)20/h3-4,9-10H,2,5-8H2,1H3. The number of pyridine rings is 1. The Bertz CT molecular complexity index is 847. The molecule has 1 fully saturated rings. The van der Waals surface area contributed by atoms with E-state index >= 15 is 0 Å². The Hall–Kier alpha value is -2.29. The summed E-state index contributed by atoms with van der Waals surface area (Å²) in [6.45, 7) is 4.37. The lowest BCUT2D eigenvalue weighted by Crippen LogP contribution is -2.49. The molecule has 140 valence electrons. The molecule has 0 aliphatic carbocycles. The average molecular weight is 388 g/mol. The molecule has 1 aliphatic rings. The van der Waals surface area contributed by atoms with Crippen LogP contribution in [0.3, 0.4) is 0 Å². The maximum atomic E-state index is 12.7. The highest BCUT2D eigenvalue weighted by Crippen LogP contribution is 2.33. The minimum absolute atomic E-state index is 0.0422. The second-order valence-corrected chi connectivity index (χ2v) is 6.25. The number of hydrogen-bond donors (Lipinski definition) is 0. The van der Waals surface area contributed by atoms with E-state index in [-0.39, 0.29) is 10.6 Å². The number of halogens is 4. The molecule has 6 nitrogen and oxygen atoms in total. The van der Waals surface area contributed by atoms with Crippen molar-refractivity contribution in [1.82, 2.24) is 14.5 Å². The summed E-state index contributed by atoms with van der Waals surface area (Å²) in [6, 6.07) is 0.884. The van der Waals surface area contributed by atoms with E-state index in [0.29, 0.717) is 44.4 Å². The van der Waals surface area contributed by atoms with E-state index in [9.17, 15) is 18.0 Å². The lowest BCUT2D eigenvalue weighted by molar-refractivity contribution is -0.137. The van der Waals surface area contributed by atoms with Crippen LogP contribution in [0.15, 0.2) is 29.5 Å². The molecule has 1 saturated heterocycles. The Morgan fingerprint density at radius 2 is 1.73 bits per heavy atom. The fourth-order valence-electron chi connectivity index (χ4n) is 2.85. The van der Waals surface area contributed by atoms with Gasteiger partial charge in [-0.3, -0.25) is 4.79 Å². The van der Waals surface area contributed by atoms with Gasteiger partial charge in [0, 0.05) is 51.3 Å². The van der Waals surface area contributed by atoms with Crippen molar-refractivity contribution >= 4 is 23.2 Å². The van der Waals surface area contributed by atoms with E-state index in [0.717, 1.165) is 12.3 Å². The molecule has 0 N–H and O–H groups in total. The zero-order chi connectivity index (χ0) is 18.9. The van der Waals surface area contributed by atoms with E-state index < -0.39 is 11.7 Å². The van der Waals surface area contributed by atoms with Gasteiger partial charge < -0.3 is 14.4 Å². The number of piperazine rings is 1. The third-order valence-corrected chi connectivity index (χ3v) is 4.54. The van der Waals surface area contributed by atoms with Gasteiger partial charge in [-0.05, 0) is 13.0 Å². The van der Waals surface area contributed by atoms with Gasteiger partial charge in [0.1, 0.15) is 5.82 Å². The van der Waals surface area contributed by atoms with Gasteiger partial charge in [-0.25, -0.2) is 9.97 Å². The second kappa shape index (κ2) is 7.14. The van der Waals surface area contributed by atoms with Gasteiger partial charge in [0.25, 0.3) is 5.56 Å². The zero-order valence-electron chi connectivity index (χ0n) is 14.0. The minimum Gasteiger partial charge on any atom is -0.352 e. The molecule has 10 heteroatoms. The van der Waals surface area contributed by atoms with Gasteiger partial charge in [-0.2, -0.15) is 13.2 Å². The van der Waals surface area contributed by atoms with Crippen molar-refractivity contribution in [2.45, 2.75) is 19.6 Å². The van der Waals surface area contributed by atoms with Crippen LogP contribution in [-0.2, 0) is 12.7 Å². The minimum atomic E-state index is -4.48. The summed E-state index contributed by atoms with van der Waals surface area (Å²) in [7, 11) is 0. The molecule has 2 aromatic heterocycles.